The molecule has 0 radical (unpaired) electrons. The fraction of sp³-hybridized carbons (Fsp3) is 0.588. The molecule has 0 heterocycles. The quantitative estimate of drug-likeness (QED) is 0.711. The molecule has 0 amide bonds. The lowest BCUT2D eigenvalue weighted by Gasteiger charge is -2.27. The van der Waals surface area contributed by atoms with Crippen LogP contribution in [0.4, 0.5) is 0 Å². The van der Waals surface area contributed by atoms with Gasteiger partial charge in [0.1, 0.15) is 11.3 Å². The molecule has 1 atom stereocenters. The fourth-order valence-corrected chi connectivity index (χ4v) is 2.29. The molecule has 0 spiro atoms. The molecule has 0 aromatic heterocycles. The van der Waals surface area contributed by atoms with Gasteiger partial charge in [0, 0.05) is 6.42 Å². The van der Waals surface area contributed by atoms with Crippen molar-refractivity contribution in [3.63, 3.8) is 0 Å². The van der Waals surface area contributed by atoms with E-state index in [4.69, 9.17) is 9.47 Å². The zero-order chi connectivity index (χ0) is 15.7. The Morgan fingerprint density at radius 3 is 2.43 bits per heavy atom. The third kappa shape index (κ3) is 5.38. The van der Waals surface area contributed by atoms with Crippen molar-refractivity contribution in [1.29, 1.82) is 0 Å². The molecule has 1 N–H and O–H groups in total. The van der Waals surface area contributed by atoms with Crippen LogP contribution in [0.25, 0.3) is 0 Å². The minimum absolute atomic E-state index is 0.258. The standard InChI is InChI=1S/C17H27NO3/c1-5-7-14-8-10-15(11-9-14)21-13-12-17(3,18-6-2)16(19)20-4/h8-11,18H,5-7,12-13H2,1-4H3. The first-order valence-corrected chi connectivity index (χ1v) is 7.61. The van der Waals surface area contributed by atoms with Crippen molar-refractivity contribution in [3.05, 3.63) is 29.8 Å². The van der Waals surface area contributed by atoms with Crippen LogP contribution in [0.1, 0.15) is 39.2 Å². The second-order valence-corrected chi connectivity index (χ2v) is 5.35. The Hall–Kier alpha value is -1.55. The summed E-state index contributed by atoms with van der Waals surface area (Å²) in [7, 11) is 1.41. The van der Waals surface area contributed by atoms with Gasteiger partial charge in [0.2, 0.25) is 0 Å². The van der Waals surface area contributed by atoms with Gasteiger partial charge in [0.15, 0.2) is 0 Å². The highest BCUT2D eigenvalue weighted by Crippen LogP contribution is 2.16. The normalized spacial score (nSPS) is 13.5. The Morgan fingerprint density at radius 2 is 1.90 bits per heavy atom. The summed E-state index contributed by atoms with van der Waals surface area (Å²) < 4.78 is 10.6. The molecule has 1 unspecified atom stereocenters. The number of hydrogen-bond donors (Lipinski definition) is 1. The summed E-state index contributed by atoms with van der Waals surface area (Å²) in [4.78, 5) is 11.8. The van der Waals surface area contributed by atoms with E-state index in [9.17, 15) is 4.79 Å². The number of rotatable bonds is 9. The number of aryl methyl sites for hydroxylation is 1. The minimum atomic E-state index is -0.703. The van der Waals surface area contributed by atoms with Crippen molar-refractivity contribution >= 4 is 5.97 Å². The highest BCUT2D eigenvalue weighted by molar-refractivity contribution is 5.80. The van der Waals surface area contributed by atoms with E-state index in [2.05, 4.69) is 24.4 Å². The van der Waals surface area contributed by atoms with Crippen molar-refractivity contribution in [2.24, 2.45) is 0 Å². The van der Waals surface area contributed by atoms with E-state index >= 15 is 0 Å². The van der Waals surface area contributed by atoms with Crippen molar-refractivity contribution in [3.8, 4) is 5.75 Å². The number of nitrogens with one attached hydrogen (secondary N) is 1. The van der Waals surface area contributed by atoms with Crippen LogP contribution in [0.3, 0.4) is 0 Å². The molecule has 21 heavy (non-hydrogen) atoms. The maximum atomic E-state index is 11.8. The number of benzene rings is 1. The lowest BCUT2D eigenvalue weighted by Crippen LogP contribution is -2.51. The van der Waals surface area contributed by atoms with Crippen LogP contribution < -0.4 is 10.1 Å². The van der Waals surface area contributed by atoms with Gasteiger partial charge in [-0.25, -0.2) is 0 Å². The van der Waals surface area contributed by atoms with Gasteiger partial charge in [-0.1, -0.05) is 32.4 Å². The molecule has 1 aromatic rings. The number of esters is 1. The van der Waals surface area contributed by atoms with Crippen LogP contribution in [0.2, 0.25) is 0 Å². The molecule has 0 fully saturated rings. The lowest BCUT2D eigenvalue weighted by molar-refractivity contribution is -0.148. The van der Waals surface area contributed by atoms with Crippen LogP contribution in [0, 0.1) is 0 Å². The van der Waals surface area contributed by atoms with Gasteiger partial charge in [-0.3, -0.25) is 4.79 Å². The summed E-state index contributed by atoms with van der Waals surface area (Å²) in [6, 6.07) is 8.13. The Labute approximate surface area is 127 Å². The van der Waals surface area contributed by atoms with E-state index < -0.39 is 5.54 Å². The molecule has 118 valence electrons. The molecular formula is C17H27NO3. The number of methoxy groups -OCH3 is 1. The molecule has 1 rings (SSSR count). The number of likely N-dealkylation sites (N-methyl/N-ethyl adjacent to an activating group) is 1. The number of ether oxygens (including phenoxy) is 2. The number of hydrogen-bond acceptors (Lipinski definition) is 4. The maximum absolute atomic E-state index is 11.8. The van der Waals surface area contributed by atoms with Crippen LogP contribution in [-0.2, 0) is 16.0 Å². The van der Waals surface area contributed by atoms with E-state index in [1.165, 1.54) is 12.7 Å². The van der Waals surface area contributed by atoms with Crippen molar-refractivity contribution in [2.75, 3.05) is 20.3 Å². The van der Waals surface area contributed by atoms with E-state index in [1.807, 2.05) is 26.0 Å². The highest BCUT2D eigenvalue weighted by atomic mass is 16.5. The van der Waals surface area contributed by atoms with Crippen LogP contribution in [0.15, 0.2) is 24.3 Å². The molecule has 0 saturated heterocycles. The Morgan fingerprint density at radius 1 is 1.24 bits per heavy atom. The topological polar surface area (TPSA) is 47.6 Å². The number of carbonyl (C=O) groups excluding carboxylic acids is 1. The average molecular weight is 293 g/mol. The Kier molecular flexibility index (Phi) is 7.23. The van der Waals surface area contributed by atoms with Crippen LogP contribution >= 0.6 is 0 Å². The SMILES string of the molecule is CCCc1ccc(OCCC(C)(NCC)C(=O)OC)cc1. The molecule has 0 bridgehead atoms. The van der Waals surface area contributed by atoms with Gasteiger partial charge >= 0.3 is 5.97 Å². The van der Waals surface area contributed by atoms with Gasteiger partial charge in [0.05, 0.1) is 13.7 Å². The maximum Gasteiger partial charge on any atom is 0.325 e. The highest BCUT2D eigenvalue weighted by Gasteiger charge is 2.33. The van der Waals surface area contributed by atoms with Crippen molar-refractivity contribution in [1.82, 2.24) is 5.32 Å². The van der Waals surface area contributed by atoms with Gasteiger partial charge in [-0.2, -0.15) is 0 Å². The van der Waals surface area contributed by atoms with Crippen LogP contribution in [0.5, 0.6) is 5.75 Å². The number of carbonyl (C=O) groups is 1. The van der Waals surface area contributed by atoms with E-state index in [-0.39, 0.29) is 5.97 Å². The van der Waals surface area contributed by atoms with Gasteiger partial charge < -0.3 is 14.8 Å². The second kappa shape index (κ2) is 8.67. The molecule has 4 nitrogen and oxygen atoms in total. The predicted molar refractivity (Wildman–Crippen MR) is 84.6 cm³/mol. The summed E-state index contributed by atoms with van der Waals surface area (Å²) in [5, 5.41) is 3.17. The molecule has 4 heteroatoms. The summed E-state index contributed by atoms with van der Waals surface area (Å²) in [5.41, 5.74) is 0.614. The first-order chi connectivity index (χ1) is 10.1. The smallest absolute Gasteiger partial charge is 0.325 e. The second-order valence-electron chi connectivity index (χ2n) is 5.35. The van der Waals surface area contributed by atoms with Gasteiger partial charge in [-0.05, 0) is 37.6 Å². The summed E-state index contributed by atoms with van der Waals surface area (Å²) in [6.45, 7) is 7.15. The Bertz CT molecular complexity index is 430. The third-order valence-corrected chi connectivity index (χ3v) is 3.54. The summed E-state index contributed by atoms with van der Waals surface area (Å²) >= 11 is 0. The first-order valence-electron chi connectivity index (χ1n) is 7.61. The largest absolute Gasteiger partial charge is 0.494 e. The summed E-state index contributed by atoms with van der Waals surface area (Å²) in [5.74, 6) is 0.574. The van der Waals surface area contributed by atoms with Gasteiger partial charge in [0.25, 0.3) is 0 Å². The van der Waals surface area contributed by atoms with E-state index in [0.29, 0.717) is 19.6 Å². The predicted octanol–water partition coefficient (Wildman–Crippen LogP) is 2.95. The third-order valence-electron chi connectivity index (χ3n) is 3.54. The van der Waals surface area contributed by atoms with Crippen LogP contribution in [-0.4, -0.2) is 31.8 Å². The molecular weight excluding hydrogens is 266 g/mol. The van der Waals surface area contributed by atoms with Gasteiger partial charge in [-0.15, -0.1) is 0 Å². The zero-order valence-corrected chi connectivity index (χ0v) is 13.6. The van der Waals surface area contributed by atoms with Crippen molar-refractivity contribution in [2.45, 2.75) is 45.6 Å². The molecule has 0 saturated carbocycles. The average Bonchev–Trinajstić information content (AvgIpc) is 2.48. The Balaban J connectivity index is 2.51. The zero-order valence-electron chi connectivity index (χ0n) is 13.6. The van der Waals surface area contributed by atoms with E-state index in [0.717, 1.165) is 18.6 Å². The van der Waals surface area contributed by atoms with Crippen molar-refractivity contribution < 1.29 is 14.3 Å². The molecule has 0 aliphatic rings. The first kappa shape index (κ1) is 17.5. The van der Waals surface area contributed by atoms with E-state index in [1.54, 1.807) is 0 Å². The monoisotopic (exact) mass is 293 g/mol. The molecule has 0 aliphatic carbocycles. The minimum Gasteiger partial charge on any atom is -0.494 e. The lowest BCUT2D eigenvalue weighted by atomic mass is 9.98. The summed E-state index contributed by atoms with van der Waals surface area (Å²) in [6.07, 6.45) is 2.78. The molecule has 0 aliphatic heterocycles. The fourth-order valence-electron chi connectivity index (χ4n) is 2.29. The molecule has 1 aromatic carbocycles.